The highest BCUT2D eigenvalue weighted by atomic mass is 16.3. The molecule has 0 fully saturated rings. The van der Waals surface area contributed by atoms with Crippen LogP contribution in [0.5, 0.6) is 0 Å². The molecule has 0 rings (SSSR count). The Hall–Kier alpha value is -0.0800. The van der Waals surface area contributed by atoms with E-state index in [2.05, 4.69) is 25.7 Å². The summed E-state index contributed by atoms with van der Waals surface area (Å²) < 4.78 is 0. The lowest BCUT2D eigenvalue weighted by Gasteiger charge is -2.31. The van der Waals surface area contributed by atoms with E-state index >= 15 is 0 Å². The first-order chi connectivity index (χ1) is 6.17. The maximum atomic E-state index is 9.71. The Morgan fingerprint density at radius 2 is 1.54 bits per heavy atom. The van der Waals surface area contributed by atoms with Gasteiger partial charge in [-0.15, -0.1) is 0 Å². The molecule has 0 amide bonds. The fourth-order valence-corrected chi connectivity index (χ4v) is 1.68. The van der Waals surface area contributed by atoms with Crippen molar-refractivity contribution in [2.45, 2.75) is 59.1 Å². The SMILES string of the molecule is CCCN(CCC)C(C)C(O)CC. The summed E-state index contributed by atoms with van der Waals surface area (Å²) in [4.78, 5) is 2.38. The van der Waals surface area contributed by atoms with Gasteiger partial charge in [0.15, 0.2) is 0 Å². The minimum Gasteiger partial charge on any atom is -0.392 e. The Morgan fingerprint density at radius 3 is 1.85 bits per heavy atom. The predicted octanol–water partition coefficient (Wildman–Crippen LogP) is 2.27. The molecule has 0 aliphatic rings. The van der Waals surface area contributed by atoms with Crippen molar-refractivity contribution in [3.8, 4) is 0 Å². The van der Waals surface area contributed by atoms with Crippen LogP contribution in [0.2, 0.25) is 0 Å². The Bertz CT molecular complexity index is 111. The number of rotatable bonds is 7. The van der Waals surface area contributed by atoms with Crippen LogP contribution >= 0.6 is 0 Å². The molecular weight excluding hydrogens is 162 g/mol. The van der Waals surface area contributed by atoms with Crippen LogP contribution < -0.4 is 0 Å². The van der Waals surface area contributed by atoms with Crippen LogP contribution in [0, 0.1) is 0 Å². The highest BCUT2D eigenvalue weighted by Gasteiger charge is 2.18. The molecule has 2 nitrogen and oxygen atoms in total. The maximum absolute atomic E-state index is 9.71. The number of hydrogen-bond acceptors (Lipinski definition) is 2. The normalized spacial score (nSPS) is 16.2. The first kappa shape index (κ1) is 12.9. The smallest absolute Gasteiger partial charge is 0.0690 e. The van der Waals surface area contributed by atoms with Crippen LogP contribution in [0.15, 0.2) is 0 Å². The van der Waals surface area contributed by atoms with Gasteiger partial charge in [0.25, 0.3) is 0 Å². The van der Waals surface area contributed by atoms with Crippen LogP contribution in [-0.4, -0.2) is 35.2 Å². The van der Waals surface area contributed by atoms with E-state index in [0.717, 1.165) is 19.5 Å². The van der Waals surface area contributed by atoms with Gasteiger partial charge < -0.3 is 5.11 Å². The molecule has 2 unspecified atom stereocenters. The van der Waals surface area contributed by atoms with Crippen LogP contribution in [0.25, 0.3) is 0 Å². The van der Waals surface area contributed by atoms with Gasteiger partial charge in [0.1, 0.15) is 0 Å². The third-order valence-corrected chi connectivity index (χ3v) is 2.57. The van der Waals surface area contributed by atoms with Gasteiger partial charge in [-0.25, -0.2) is 0 Å². The first-order valence-electron chi connectivity index (χ1n) is 5.59. The van der Waals surface area contributed by atoms with Crippen molar-refractivity contribution in [3.63, 3.8) is 0 Å². The summed E-state index contributed by atoms with van der Waals surface area (Å²) >= 11 is 0. The Labute approximate surface area is 82.9 Å². The molecule has 0 aromatic rings. The molecule has 0 saturated carbocycles. The summed E-state index contributed by atoms with van der Waals surface area (Å²) in [7, 11) is 0. The fourth-order valence-electron chi connectivity index (χ4n) is 1.68. The second-order valence-electron chi connectivity index (χ2n) is 3.75. The van der Waals surface area contributed by atoms with E-state index in [1.165, 1.54) is 12.8 Å². The molecule has 0 aliphatic heterocycles. The van der Waals surface area contributed by atoms with Gasteiger partial charge in [-0.3, -0.25) is 4.90 Å². The highest BCUT2D eigenvalue weighted by molar-refractivity contribution is 4.73. The molecule has 1 N–H and O–H groups in total. The van der Waals surface area contributed by atoms with Gasteiger partial charge in [0, 0.05) is 6.04 Å². The van der Waals surface area contributed by atoms with Crippen molar-refractivity contribution in [1.82, 2.24) is 4.90 Å². The maximum Gasteiger partial charge on any atom is 0.0690 e. The van der Waals surface area contributed by atoms with Gasteiger partial charge >= 0.3 is 0 Å². The lowest BCUT2D eigenvalue weighted by atomic mass is 10.1. The molecule has 0 aliphatic carbocycles. The predicted molar refractivity (Wildman–Crippen MR) is 57.9 cm³/mol. The second kappa shape index (κ2) is 7.34. The van der Waals surface area contributed by atoms with E-state index in [1.54, 1.807) is 0 Å². The van der Waals surface area contributed by atoms with Gasteiger partial charge in [-0.2, -0.15) is 0 Å². The zero-order valence-corrected chi connectivity index (χ0v) is 9.58. The van der Waals surface area contributed by atoms with E-state index in [-0.39, 0.29) is 6.10 Å². The molecule has 0 heterocycles. The van der Waals surface area contributed by atoms with Gasteiger partial charge in [-0.1, -0.05) is 20.8 Å². The summed E-state index contributed by atoms with van der Waals surface area (Å²) in [6.45, 7) is 10.7. The number of hydrogen-bond donors (Lipinski definition) is 1. The molecule has 0 bridgehead atoms. The van der Waals surface area contributed by atoms with E-state index in [9.17, 15) is 5.11 Å². The molecule has 0 spiro atoms. The van der Waals surface area contributed by atoms with Crippen LogP contribution in [0.4, 0.5) is 0 Å². The van der Waals surface area contributed by atoms with Crippen LogP contribution in [-0.2, 0) is 0 Å². The third kappa shape index (κ3) is 4.63. The Morgan fingerprint density at radius 1 is 1.08 bits per heavy atom. The third-order valence-electron chi connectivity index (χ3n) is 2.57. The standard InChI is InChI=1S/C11H25NO/c1-5-8-12(9-6-2)10(4)11(13)7-3/h10-11,13H,5-9H2,1-4H3. The highest BCUT2D eigenvalue weighted by Crippen LogP contribution is 2.08. The van der Waals surface area contributed by atoms with E-state index in [4.69, 9.17) is 0 Å². The van der Waals surface area contributed by atoms with Crippen molar-refractivity contribution >= 4 is 0 Å². The van der Waals surface area contributed by atoms with E-state index in [0.29, 0.717) is 6.04 Å². The molecule has 0 saturated heterocycles. The minimum atomic E-state index is -0.168. The lowest BCUT2D eigenvalue weighted by Crippen LogP contribution is -2.42. The molecule has 13 heavy (non-hydrogen) atoms. The molecule has 80 valence electrons. The average molecular weight is 187 g/mol. The monoisotopic (exact) mass is 187 g/mol. The topological polar surface area (TPSA) is 23.5 Å². The van der Waals surface area contributed by atoms with Gasteiger partial charge in [0.2, 0.25) is 0 Å². The van der Waals surface area contributed by atoms with Crippen molar-refractivity contribution in [2.75, 3.05) is 13.1 Å². The summed E-state index contributed by atoms with van der Waals surface area (Å²) in [5.74, 6) is 0. The van der Waals surface area contributed by atoms with Crippen molar-refractivity contribution in [1.29, 1.82) is 0 Å². The Kier molecular flexibility index (Phi) is 7.29. The summed E-state index contributed by atoms with van der Waals surface area (Å²) in [5.41, 5.74) is 0. The molecule has 2 heteroatoms. The fraction of sp³-hybridized carbons (Fsp3) is 1.00. The first-order valence-corrected chi connectivity index (χ1v) is 5.59. The number of nitrogens with zero attached hydrogens (tertiary/aromatic N) is 1. The summed E-state index contributed by atoms with van der Waals surface area (Å²) in [6, 6.07) is 0.310. The van der Waals surface area contributed by atoms with Gasteiger partial charge in [0.05, 0.1) is 6.10 Å². The molecule has 0 aromatic carbocycles. The number of aliphatic hydroxyl groups is 1. The summed E-state index contributed by atoms with van der Waals surface area (Å²) in [5, 5.41) is 9.71. The largest absolute Gasteiger partial charge is 0.392 e. The zero-order chi connectivity index (χ0) is 10.3. The van der Waals surface area contributed by atoms with Crippen molar-refractivity contribution < 1.29 is 5.11 Å². The van der Waals surface area contributed by atoms with Gasteiger partial charge in [-0.05, 0) is 39.3 Å². The molecule has 2 atom stereocenters. The van der Waals surface area contributed by atoms with E-state index < -0.39 is 0 Å². The second-order valence-corrected chi connectivity index (χ2v) is 3.75. The molecule has 0 radical (unpaired) electrons. The summed E-state index contributed by atoms with van der Waals surface area (Å²) in [6.07, 6.45) is 3.02. The lowest BCUT2D eigenvalue weighted by molar-refractivity contribution is 0.0558. The quantitative estimate of drug-likeness (QED) is 0.661. The van der Waals surface area contributed by atoms with E-state index in [1.807, 2.05) is 6.92 Å². The zero-order valence-electron chi connectivity index (χ0n) is 9.58. The minimum absolute atomic E-state index is 0.168. The number of aliphatic hydroxyl groups excluding tert-OH is 1. The van der Waals surface area contributed by atoms with Crippen molar-refractivity contribution in [2.24, 2.45) is 0 Å². The van der Waals surface area contributed by atoms with Crippen LogP contribution in [0.1, 0.15) is 47.0 Å². The molecule has 0 aromatic heterocycles. The molecular formula is C11H25NO. The van der Waals surface area contributed by atoms with Crippen LogP contribution in [0.3, 0.4) is 0 Å². The Balaban J connectivity index is 4.00. The van der Waals surface area contributed by atoms with Crippen molar-refractivity contribution in [3.05, 3.63) is 0 Å². The average Bonchev–Trinajstić information content (AvgIpc) is 2.15.